The number of thiophene rings is 1. The molecule has 0 radical (unpaired) electrons. The molecule has 180 valence electrons. The number of benzene rings is 2. The molecule has 7 heteroatoms. The highest BCUT2D eigenvalue weighted by molar-refractivity contribution is 7.10. The minimum atomic E-state index is -0.266. The fourth-order valence-electron chi connectivity index (χ4n) is 4.89. The zero-order chi connectivity index (χ0) is 24.2. The number of piperazine rings is 1. The van der Waals surface area contributed by atoms with Crippen molar-refractivity contribution in [1.29, 1.82) is 0 Å². The molecule has 5 rings (SSSR count). The van der Waals surface area contributed by atoms with Crippen molar-refractivity contribution >= 4 is 29.2 Å². The van der Waals surface area contributed by atoms with Crippen LogP contribution in [0.2, 0.25) is 0 Å². The van der Waals surface area contributed by atoms with E-state index < -0.39 is 0 Å². The molecule has 2 amide bonds. The lowest BCUT2D eigenvalue weighted by Gasteiger charge is -2.39. The third-order valence-electron chi connectivity index (χ3n) is 6.73. The van der Waals surface area contributed by atoms with Gasteiger partial charge in [0.15, 0.2) is 0 Å². The molecule has 3 aromatic rings. The molecule has 1 atom stereocenters. The molecule has 0 N–H and O–H groups in total. The molecule has 1 unspecified atom stereocenters. The van der Waals surface area contributed by atoms with E-state index in [-0.39, 0.29) is 30.2 Å². The van der Waals surface area contributed by atoms with Crippen LogP contribution in [-0.4, -0.2) is 65.8 Å². The number of halogens is 1. The number of hydrogen-bond donors (Lipinski definition) is 0. The Hall–Kier alpha value is -3.29. The van der Waals surface area contributed by atoms with Crippen molar-refractivity contribution in [3.8, 4) is 0 Å². The van der Waals surface area contributed by atoms with Gasteiger partial charge in [-0.2, -0.15) is 0 Å². The minimum Gasteiger partial charge on any atom is -0.338 e. The fraction of sp³-hybridized carbons (Fsp3) is 0.286. The fourth-order valence-corrected chi connectivity index (χ4v) is 5.80. The van der Waals surface area contributed by atoms with Crippen LogP contribution in [0.1, 0.15) is 27.6 Å². The summed E-state index contributed by atoms with van der Waals surface area (Å²) >= 11 is 1.72. The average molecular weight is 490 g/mol. The Morgan fingerprint density at radius 1 is 0.943 bits per heavy atom. The van der Waals surface area contributed by atoms with Gasteiger partial charge in [0.25, 0.3) is 0 Å². The predicted molar refractivity (Wildman–Crippen MR) is 136 cm³/mol. The number of carbonyl (C=O) groups is 2. The van der Waals surface area contributed by atoms with E-state index in [1.165, 1.54) is 16.5 Å². The molecule has 2 aromatic carbocycles. The lowest BCUT2D eigenvalue weighted by atomic mass is 9.93. The largest absolute Gasteiger partial charge is 0.338 e. The molecule has 0 aliphatic carbocycles. The number of carbonyl (C=O) groups excluding carboxylic acids is 2. The van der Waals surface area contributed by atoms with Crippen LogP contribution in [0.5, 0.6) is 0 Å². The molecule has 0 saturated carbocycles. The Kier molecular flexibility index (Phi) is 7.06. The molecule has 3 heterocycles. The van der Waals surface area contributed by atoms with E-state index in [1.807, 2.05) is 47.4 Å². The van der Waals surface area contributed by atoms with Crippen molar-refractivity contribution < 1.29 is 14.0 Å². The van der Waals surface area contributed by atoms with Gasteiger partial charge in [-0.05, 0) is 52.8 Å². The summed E-state index contributed by atoms with van der Waals surface area (Å²) in [5.74, 6) is -0.247. The van der Waals surface area contributed by atoms with E-state index in [1.54, 1.807) is 34.4 Å². The number of hydrogen-bond acceptors (Lipinski definition) is 4. The van der Waals surface area contributed by atoms with Gasteiger partial charge in [0, 0.05) is 43.7 Å². The molecule has 1 fully saturated rings. The van der Waals surface area contributed by atoms with Crippen LogP contribution in [0.3, 0.4) is 0 Å². The maximum absolute atomic E-state index is 14.0. The lowest BCUT2D eigenvalue weighted by molar-refractivity contribution is -0.138. The van der Waals surface area contributed by atoms with E-state index in [0.29, 0.717) is 26.2 Å². The first-order valence-electron chi connectivity index (χ1n) is 11.9. The van der Waals surface area contributed by atoms with Crippen LogP contribution in [0, 0.1) is 5.82 Å². The third-order valence-corrected chi connectivity index (χ3v) is 7.73. The van der Waals surface area contributed by atoms with Crippen LogP contribution in [0.4, 0.5) is 4.39 Å². The second-order valence-electron chi connectivity index (χ2n) is 8.93. The lowest BCUT2D eigenvalue weighted by Crippen LogP contribution is -2.53. The first-order valence-corrected chi connectivity index (χ1v) is 12.8. The maximum Gasteiger partial charge on any atom is 0.246 e. The van der Waals surface area contributed by atoms with Crippen LogP contribution in [0.25, 0.3) is 6.08 Å². The number of rotatable bonds is 5. The van der Waals surface area contributed by atoms with Crippen LogP contribution in [-0.2, 0) is 16.0 Å². The topological polar surface area (TPSA) is 43.9 Å². The third kappa shape index (κ3) is 5.36. The number of amides is 2. The zero-order valence-electron chi connectivity index (χ0n) is 19.5. The Labute approximate surface area is 209 Å². The quantitative estimate of drug-likeness (QED) is 0.504. The first kappa shape index (κ1) is 23.5. The molecule has 35 heavy (non-hydrogen) atoms. The van der Waals surface area contributed by atoms with Crippen molar-refractivity contribution in [2.45, 2.75) is 12.5 Å². The average Bonchev–Trinajstić information content (AvgIpc) is 3.37. The smallest absolute Gasteiger partial charge is 0.246 e. The predicted octanol–water partition coefficient (Wildman–Crippen LogP) is 4.22. The molecule has 1 saturated heterocycles. The molecular weight excluding hydrogens is 461 g/mol. The van der Waals surface area contributed by atoms with E-state index >= 15 is 0 Å². The van der Waals surface area contributed by atoms with Crippen molar-refractivity contribution in [3.05, 3.63) is 99.5 Å². The van der Waals surface area contributed by atoms with Gasteiger partial charge in [-0.1, -0.05) is 42.5 Å². The first-order chi connectivity index (χ1) is 17.1. The Bertz CT molecular complexity index is 1220. The molecule has 0 bridgehead atoms. The van der Waals surface area contributed by atoms with Crippen molar-refractivity contribution in [3.63, 3.8) is 0 Å². The highest BCUT2D eigenvalue weighted by Gasteiger charge is 2.33. The van der Waals surface area contributed by atoms with Crippen molar-refractivity contribution in [2.75, 3.05) is 39.3 Å². The summed E-state index contributed by atoms with van der Waals surface area (Å²) in [5, 5.41) is 2.07. The molecule has 0 spiro atoms. The highest BCUT2D eigenvalue weighted by Crippen LogP contribution is 2.37. The van der Waals surface area contributed by atoms with Gasteiger partial charge in [-0.3, -0.25) is 14.5 Å². The van der Waals surface area contributed by atoms with E-state index in [4.69, 9.17) is 0 Å². The second-order valence-corrected chi connectivity index (χ2v) is 9.93. The highest BCUT2D eigenvalue weighted by atomic mass is 32.1. The summed E-state index contributed by atoms with van der Waals surface area (Å²) in [7, 11) is 0. The van der Waals surface area contributed by atoms with Crippen LogP contribution < -0.4 is 0 Å². The van der Waals surface area contributed by atoms with Gasteiger partial charge < -0.3 is 9.80 Å². The van der Waals surface area contributed by atoms with E-state index in [9.17, 15) is 14.0 Å². The minimum absolute atomic E-state index is 0.0341. The van der Waals surface area contributed by atoms with Gasteiger partial charge in [0.2, 0.25) is 11.8 Å². The summed E-state index contributed by atoms with van der Waals surface area (Å²) < 4.78 is 14.0. The summed E-state index contributed by atoms with van der Waals surface area (Å²) in [4.78, 5) is 32.9. The second kappa shape index (κ2) is 10.5. The Morgan fingerprint density at radius 2 is 1.71 bits per heavy atom. The molecule has 2 aliphatic heterocycles. The Balaban J connectivity index is 1.21. The summed E-state index contributed by atoms with van der Waals surface area (Å²) in [5.41, 5.74) is 3.02. The SMILES string of the molecule is O=C(/C=C/c1ccccc1)N1CCN(C(=O)CN2CCc3sccc3C2c2cccc(F)c2)CC1. The van der Waals surface area contributed by atoms with Gasteiger partial charge in [-0.15, -0.1) is 11.3 Å². The normalized spacial score (nSPS) is 18.6. The van der Waals surface area contributed by atoms with Gasteiger partial charge in [-0.25, -0.2) is 4.39 Å². The molecule has 2 aliphatic rings. The number of nitrogens with zero attached hydrogens (tertiary/aromatic N) is 3. The van der Waals surface area contributed by atoms with E-state index in [2.05, 4.69) is 16.3 Å². The summed E-state index contributed by atoms with van der Waals surface area (Å²) in [6.45, 7) is 3.11. The van der Waals surface area contributed by atoms with Crippen LogP contribution >= 0.6 is 11.3 Å². The van der Waals surface area contributed by atoms with Gasteiger partial charge in [0.1, 0.15) is 5.82 Å². The molecule has 5 nitrogen and oxygen atoms in total. The van der Waals surface area contributed by atoms with Gasteiger partial charge >= 0.3 is 0 Å². The van der Waals surface area contributed by atoms with Crippen molar-refractivity contribution in [2.24, 2.45) is 0 Å². The number of fused-ring (bicyclic) bond motifs is 1. The standard InChI is InChI=1S/C28H28FN3O2S/c29-23-8-4-7-22(19-23)28-24-12-18-35-25(24)11-13-32(28)20-27(34)31-16-14-30(15-17-31)26(33)10-9-21-5-2-1-3-6-21/h1-10,12,18-19,28H,11,13-17,20H2/b10-9+. The Morgan fingerprint density at radius 3 is 2.49 bits per heavy atom. The monoisotopic (exact) mass is 489 g/mol. The van der Waals surface area contributed by atoms with E-state index in [0.717, 1.165) is 24.1 Å². The summed E-state index contributed by atoms with van der Waals surface area (Å²) in [6, 6.07) is 18.4. The molecule has 1 aromatic heterocycles. The van der Waals surface area contributed by atoms with Gasteiger partial charge in [0.05, 0.1) is 12.6 Å². The van der Waals surface area contributed by atoms with Crippen LogP contribution in [0.15, 0.2) is 72.1 Å². The maximum atomic E-state index is 14.0. The zero-order valence-corrected chi connectivity index (χ0v) is 20.3. The summed E-state index contributed by atoms with van der Waals surface area (Å²) in [6.07, 6.45) is 4.31. The van der Waals surface area contributed by atoms with Crippen molar-refractivity contribution in [1.82, 2.24) is 14.7 Å². The molecular formula is C28H28FN3O2S.